The molecule has 1 aromatic rings. The van der Waals surface area contributed by atoms with Crippen LogP contribution in [-0.4, -0.2) is 20.3 Å². The first kappa shape index (κ1) is 14.3. The molecule has 1 N–H and O–H groups in total. The number of hydrogen-bond acceptors (Lipinski definition) is 2. The van der Waals surface area contributed by atoms with E-state index in [2.05, 4.69) is 4.72 Å². The van der Waals surface area contributed by atoms with Crippen molar-refractivity contribution < 1.29 is 17.2 Å². The van der Waals surface area contributed by atoms with E-state index in [-0.39, 0.29) is 11.9 Å². The van der Waals surface area contributed by atoms with Crippen LogP contribution >= 0.6 is 11.6 Å². The van der Waals surface area contributed by atoms with E-state index in [1.54, 1.807) is 6.92 Å². The molecule has 1 rings (SSSR count). The van der Waals surface area contributed by atoms with Crippen molar-refractivity contribution in [2.45, 2.75) is 23.6 Å². The summed E-state index contributed by atoms with van der Waals surface area (Å²) in [6, 6.07) is 2.30. The molecule has 0 aliphatic carbocycles. The van der Waals surface area contributed by atoms with Gasteiger partial charge in [-0.1, -0.05) is 0 Å². The monoisotopic (exact) mass is 283 g/mol. The highest BCUT2D eigenvalue weighted by Crippen LogP contribution is 2.15. The van der Waals surface area contributed by atoms with Gasteiger partial charge in [0, 0.05) is 18.0 Å². The number of rotatable bonds is 5. The summed E-state index contributed by atoms with van der Waals surface area (Å²) in [5.74, 6) is -1.94. The maximum absolute atomic E-state index is 13.2. The lowest BCUT2D eigenvalue weighted by molar-refractivity contribution is 0.542. The van der Waals surface area contributed by atoms with Gasteiger partial charge in [0.05, 0.1) is 0 Å². The zero-order chi connectivity index (χ0) is 13.1. The van der Waals surface area contributed by atoms with E-state index in [1.165, 1.54) is 0 Å². The van der Waals surface area contributed by atoms with Crippen molar-refractivity contribution in [1.82, 2.24) is 4.72 Å². The largest absolute Gasteiger partial charge is 0.243 e. The summed E-state index contributed by atoms with van der Waals surface area (Å²) in [7, 11) is -3.95. The molecule has 0 radical (unpaired) electrons. The van der Waals surface area contributed by atoms with E-state index in [1.807, 2.05) is 0 Å². The highest BCUT2D eigenvalue weighted by atomic mass is 35.5. The SMILES string of the molecule is CC(Cl)CCNS(=O)(=O)c1ccc(F)cc1F. The van der Waals surface area contributed by atoms with Gasteiger partial charge in [-0.2, -0.15) is 0 Å². The molecule has 0 amide bonds. The minimum absolute atomic E-state index is 0.101. The molecule has 96 valence electrons. The highest BCUT2D eigenvalue weighted by Gasteiger charge is 2.18. The summed E-state index contributed by atoms with van der Waals surface area (Å²) in [5.41, 5.74) is 0. The van der Waals surface area contributed by atoms with E-state index in [9.17, 15) is 17.2 Å². The van der Waals surface area contributed by atoms with Gasteiger partial charge in [-0.15, -0.1) is 11.6 Å². The van der Waals surface area contributed by atoms with Crippen LogP contribution in [0.2, 0.25) is 0 Å². The Morgan fingerprint density at radius 3 is 2.59 bits per heavy atom. The van der Waals surface area contributed by atoms with Crippen molar-refractivity contribution in [3.8, 4) is 0 Å². The normalized spacial score (nSPS) is 13.6. The average Bonchev–Trinajstić information content (AvgIpc) is 2.15. The van der Waals surface area contributed by atoms with E-state index in [0.717, 1.165) is 12.1 Å². The number of halogens is 3. The van der Waals surface area contributed by atoms with Crippen LogP contribution < -0.4 is 4.72 Å². The molecule has 0 aliphatic heterocycles. The topological polar surface area (TPSA) is 46.2 Å². The van der Waals surface area contributed by atoms with Crippen molar-refractivity contribution in [2.24, 2.45) is 0 Å². The number of benzene rings is 1. The number of nitrogens with one attached hydrogen (secondary N) is 1. The standard InChI is InChI=1S/C10H12ClF2NO2S/c1-7(11)4-5-14-17(15,16)10-3-2-8(12)6-9(10)13/h2-3,6-7,14H,4-5H2,1H3. The molecule has 3 nitrogen and oxygen atoms in total. The van der Waals surface area contributed by atoms with E-state index in [4.69, 9.17) is 11.6 Å². The van der Waals surface area contributed by atoms with E-state index in [0.29, 0.717) is 12.5 Å². The Hall–Kier alpha value is -0.720. The molecule has 0 spiro atoms. The Morgan fingerprint density at radius 2 is 2.06 bits per heavy atom. The minimum atomic E-state index is -3.95. The third-order valence-corrected chi connectivity index (χ3v) is 3.73. The molecular formula is C10H12ClF2NO2S. The zero-order valence-electron chi connectivity index (χ0n) is 9.08. The van der Waals surface area contributed by atoms with Crippen molar-refractivity contribution in [3.63, 3.8) is 0 Å². The zero-order valence-corrected chi connectivity index (χ0v) is 10.7. The molecule has 1 atom stereocenters. The van der Waals surface area contributed by atoms with Gasteiger partial charge in [0.1, 0.15) is 16.5 Å². The summed E-state index contributed by atoms with van der Waals surface area (Å²) in [5, 5.41) is -0.184. The van der Waals surface area contributed by atoms with Crippen molar-refractivity contribution in [1.29, 1.82) is 0 Å². The third kappa shape index (κ3) is 4.22. The number of hydrogen-bond donors (Lipinski definition) is 1. The smallest absolute Gasteiger partial charge is 0.211 e. The lowest BCUT2D eigenvalue weighted by atomic mass is 10.3. The van der Waals surface area contributed by atoms with Crippen LogP contribution in [0.4, 0.5) is 8.78 Å². The van der Waals surface area contributed by atoms with Crippen LogP contribution in [0.1, 0.15) is 13.3 Å². The first-order valence-corrected chi connectivity index (χ1v) is 6.83. The van der Waals surface area contributed by atoms with Crippen molar-refractivity contribution >= 4 is 21.6 Å². The maximum Gasteiger partial charge on any atom is 0.243 e. The summed E-state index contributed by atoms with van der Waals surface area (Å²) in [4.78, 5) is -0.568. The number of sulfonamides is 1. The molecular weight excluding hydrogens is 272 g/mol. The molecule has 0 bridgehead atoms. The predicted molar refractivity (Wildman–Crippen MR) is 61.5 cm³/mol. The summed E-state index contributed by atoms with van der Waals surface area (Å²) in [6.45, 7) is 1.82. The second-order valence-corrected chi connectivity index (χ2v) is 6.02. The molecule has 1 aromatic carbocycles. The molecule has 1 unspecified atom stereocenters. The Kier molecular flexibility index (Phi) is 4.85. The fraction of sp³-hybridized carbons (Fsp3) is 0.400. The van der Waals surface area contributed by atoms with Crippen LogP contribution in [0.25, 0.3) is 0 Å². The molecule has 0 aromatic heterocycles. The maximum atomic E-state index is 13.2. The second kappa shape index (κ2) is 5.75. The Bertz CT molecular complexity index is 491. The average molecular weight is 284 g/mol. The molecule has 7 heteroatoms. The van der Waals surface area contributed by atoms with Crippen LogP contribution in [0.15, 0.2) is 23.1 Å². The Balaban J connectivity index is 2.83. The second-order valence-electron chi connectivity index (χ2n) is 3.54. The lowest BCUT2D eigenvalue weighted by Gasteiger charge is -2.08. The van der Waals surface area contributed by atoms with Crippen molar-refractivity contribution in [3.05, 3.63) is 29.8 Å². The molecule has 17 heavy (non-hydrogen) atoms. The molecule has 0 saturated carbocycles. The predicted octanol–water partition coefficient (Wildman–Crippen LogP) is 2.26. The Labute approximate surface area is 104 Å². The first-order valence-electron chi connectivity index (χ1n) is 4.91. The first-order chi connectivity index (χ1) is 7.83. The molecule has 0 heterocycles. The summed E-state index contributed by atoms with van der Waals surface area (Å²) in [6.07, 6.45) is 0.420. The van der Waals surface area contributed by atoms with Gasteiger partial charge in [-0.3, -0.25) is 0 Å². The van der Waals surface area contributed by atoms with Crippen LogP contribution in [-0.2, 0) is 10.0 Å². The van der Waals surface area contributed by atoms with Gasteiger partial charge >= 0.3 is 0 Å². The van der Waals surface area contributed by atoms with Gasteiger partial charge < -0.3 is 0 Å². The molecule has 0 aliphatic rings. The van der Waals surface area contributed by atoms with Gasteiger partial charge in [-0.05, 0) is 25.5 Å². The Morgan fingerprint density at radius 1 is 1.41 bits per heavy atom. The third-order valence-electron chi connectivity index (χ3n) is 2.02. The van der Waals surface area contributed by atoms with Gasteiger partial charge in [0.25, 0.3) is 0 Å². The molecule has 0 fully saturated rings. The van der Waals surface area contributed by atoms with E-state index >= 15 is 0 Å². The van der Waals surface area contributed by atoms with Gasteiger partial charge in [-0.25, -0.2) is 21.9 Å². The summed E-state index contributed by atoms with van der Waals surface area (Å²) >= 11 is 5.65. The fourth-order valence-electron chi connectivity index (χ4n) is 1.16. The summed E-state index contributed by atoms with van der Waals surface area (Å²) < 4.78 is 51.3. The highest BCUT2D eigenvalue weighted by molar-refractivity contribution is 7.89. The van der Waals surface area contributed by atoms with Crippen LogP contribution in [0.3, 0.4) is 0 Å². The molecule has 0 saturated heterocycles. The minimum Gasteiger partial charge on any atom is -0.211 e. The van der Waals surface area contributed by atoms with Crippen LogP contribution in [0.5, 0.6) is 0 Å². The fourth-order valence-corrected chi connectivity index (χ4v) is 2.38. The van der Waals surface area contributed by atoms with Gasteiger partial charge in [0.15, 0.2) is 0 Å². The van der Waals surface area contributed by atoms with Crippen molar-refractivity contribution in [2.75, 3.05) is 6.54 Å². The van der Waals surface area contributed by atoms with Gasteiger partial charge in [0.2, 0.25) is 10.0 Å². The van der Waals surface area contributed by atoms with Crippen LogP contribution in [0, 0.1) is 11.6 Å². The quantitative estimate of drug-likeness (QED) is 0.843. The van der Waals surface area contributed by atoms with E-state index < -0.39 is 26.6 Å². The number of alkyl halides is 1. The lowest BCUT2D eigenvalue weighted by Crippen LogP contribution is -2.26.